The monoisotopic (exact) mass is 519 g/mol. The van der Waals surface area contributed by atoms with Crippen LogP contribution in [0.2, 0.25) is 0 Å². The summed E-state index contributed by atoms with van der Waals surface area (Å²) in [6, 6.07) is 10.4. The molecule has 1 N–H and O–H groups in total. The van der Waals surface area contributed by atoms with E-state index in [4.69, 9.17) is 4.98 Å². The van der Waals surface area contributed by atoms with Gasteiger partial charge in [-0.2, -0.15) is 0 Å². The molecule has 4 heterocycles. The number of fused-ring (bicyclic) bond motifs is 1. The number of piperidine rings is 1. The zero-order valence-corrected chi connectivity index (χ0v) is 22.5. The molecule has 2 aromatic heterocycles. The largest absolute Gasteiger partial charge is 0.326 e. The third-order valence-electron chi connectivity index (χ3n) is 7.76. The summed E-state index contributed by atoms with van der Waals surface area (Å²) in [5, 5.41) is 2.80. The number of rotatable bonds is 7. The minimum atomic E-state index is -0.487. The van der Waals surface area contributed by atoms with Crippen molar-refractivity contribution in [1.82, 2.24) is 14.5 Å². The van der Waals surface area contributed by atoms with Gasteiger partial charge in [0.25, 0.3) is 0 Å². The number of halogens is 1. The number of carbonyl (C=O) groups excluding carboxylic acids is 2. The summed E-state index contributed by atoms with van der Waals surface area (Å²) in [7, 11) is 2.26. The molecule has 0 unspecified atom stereocenters. The smallest absolute Gasteiger partial charge is 0.226 e. The number of hydrogen-bond donors (Lipinski definition) is 1. The zero-order chi connectivity index (χ0) is 26.9. The molecule has 8 nitrogen and oxygen atoms in total. The first kappa shape index (κ1) is 26.0. The summed E-state index contributed by atoms with van der Waals surface area (Å²) in [5.74, 6) is -0.211. The Balaban J connectivity index is 1.41. The van der Waals surface area contributed by atoms with E-state index in [2.05, 4.69) is 17.3 Å². The lowest BCUT2D eigenvalue weighted by Crippen LogP contribution is -2.48. The number of benzene rings is 1. The first-order valence-corrected chi connectivity index (χ1v) is 13.5. The Labute approximate surface area is 223 Å². The molecule has 5 rings (SSSR count). The SMILES string of the molecule is CC(=O)N1CCn2c1nc(-c1cccc(C)n1)c2-c1ccc(F)c(NC(=O)CCC[N+]2(C)CCCCC2)c1. The highest BCUT2D eigenvalue weighted by molar-refractivity contribution is 5.94. The van der Waals surface area contributed by atoms with Crippen molar-refractivity contribution in [3.8, 4) is 22.6 Å². The average molecular weight is 520 g/mol. The Morgan fingerprint density at radius 3 is 2.61 bits per heavy atom. The molecule has 0 saturated carbocycles. The van der Waals surface area contributed by atoms with E-state index in [-0.39, 0.29) is 17.5 Å². The van der Waals surface area contributed by atoms with Crippen LogP contribution >= 0.6 is 0 Å². The first-order valence-electron chi connectivity index (χ1n) is 13.5. The fourth-order valence-corrected chi connectivity index (χ4v) is 5.70. The fourth-order valence-electron chi connectivity index (χ4n) is 5.70. The number of hydrogen-bond acceptors (Lipinski definition) is 4. The lowest BCUT2D eigenvalue weighted by Gasteiger charge is -2.37. The van der Waals surface area contributed by atoms with Crippen LogP contribution in [0.1, 0.15) is 44.7 Å². The van der Waals surface area contributed by atoms with E-state index >= 15 is 0 Å². The highest BCUT2D eigenvalue weighted by Crippen LogP contribution is 2.38. The van der Waals surface area contributed by atoms with Crippen molar-refractivity contribution in [3.05, 3.63) is 47.9 Å². The van der Waals surface area contributed by atoms with Gasteiger partial charge in [-0.25, -0.2) is 9.37 Å². The van der Waals surface area contributed by atoms with Crippen molar-refractivity contribution in [3.63, 3.8) is 0 Å². The summed E-state index contributed by atoms with van der Waals surface area (Å²) in [6.07, 6.45) is 4.89. The van der Waals surface area contributed by atoms with E-state index in [1.807, 2.05) is 29.7 Å². The van der Waals surface area contributed by atoms with Crippen molar-refractivity contribution in [2.24, 2.45) is 0 Å². The van der Waals surface area contributed by atoms with E-state index in [0.717, 1.165) is 41.9 Å². The van der Waals surface area contributed by atoms with Crippen molar-refractivity contribution in [2.75, 3.05) is 43.4 Å². The molecular formula is C29H36FN6O2+. The molecule has 1 fully saturated rings. The highest BCUT2D eigenvalue weighted by Gasteiger charge is 2.31. The standard InChI is InChI=1S/C29H35FN6O2/c1-20-9-7-10-24(31-20)27-28(35-15-14-34(21(2)37)29(35)33-27)22-12-13-23(30)25(19-22)32-26(38)11-8-18-36(3)16-5-4-6-17-36/h7,9-10,12-13,19H,4-6,8,11,14-18H2,1-3H3/p+1. The van der Waals surface area contributed by atoms with Gasteiger partial charge in [0.15, 0.2) is 0 Å². The number of nitrogens with one attached hydrogen (secondary N) is 1. The van der Waals surface area contributed by atoms with Crippen LogP contribution in [0.4, 0.5) is 16.0 Å². The minimum absolute atomic E-state index is 0.0863. The van der Waals surface area contributed by atoms with Crippen LogP contribution in [0.15, 0.2) is 36.4 Å². The number of carbonyl (C=O) groups is 2. The van der Waals surface area contributed by atoms with E-state index < -0.39 is 5.82 Å². The molecule has 2 amide bonds. The van der Waals surface area contributed by atoms with Crippen LogP contribution in [0, 0.1) is 12.7 Å². The number of amides is 2. The van der Waals surface area contributed by atoms with E-state index in [9.17, 15) is 14.0 Å². The molecule has 9 heteroatoms. The van der Waals surface area contributed by atoms with Crippen molar-refractivity contribution in [1.29, 1.82) is 0 Å². The lowest BCUT2D eigenvalue weighted by atomic mass is 10.1. The molecular weight excluding hydrogens is 483 g/mol. The number of quaternary nitrogens is 1. The Morgan fingerprint density at radius 1 is 1.08 bits per heavy atom. The van der Waals surface area contributed by atoms with Crippen LogP contribution < -0.4 is 10.2 Å². The molecule has 1 saturated heterocycles. The van der Waals surface area contributed by atoms with Crippen LogP contribution in [-0.2, 0) is 16.1 Å². The number of aryl methyl sites for hydroxylation is 1. The van der Waals surface area contributed by atoms with E-state index in [1.54, 1.807) is 17.0 Å². The van der Waals surface area contributed by atoms with Gasteiger partial charge >= 0.3 is 0 Å². The number of pyridine rings is 1. The van der Waals surface area contributed by atoms with Crippen molar-refractivity contribution in [2.45, 2.75) is 52.5 Å². The topological polar surface area (TPSA) is 80.1 Å². The van der Waals surface area contributed by atoms with Crippen LogP contribution in [0.3, 0.4) is 0 Å². The summed E-state index contributed by atoms with van der Waals surface area (Å²) < 4.78 is 17.8. The summed E-state index contributed by atoms with van der Waals surface area (Å²) in [6.45, 7) is 7.80. The first-order chi connectivity index (χ1) is 18.2. The molecule has 0 aliphatic carbocycles. The van der Waals surface area contributed by atoms with Gasteiger partial charge in [-0.05, 0) is 56.5 Å². The minimum Gasteiger partial charge on any atom is -0.326 e. The van der Waals surface area contributed by atoms with Crippen molar-refractivity contribution >= 4 is 23.5 Å². The second kappa shape index (κ2) is 10.6. The molecule has 0 bridgehead atoms. The van der Waals surface area contributed by atoms with Crippen LogP contribution in [0.25, 0.3) is 22.6 Å². The zero-order valence-electron chi connectivity index (χ0n) is 22.5. The predicted molar refractivity (Wildman–Crippen MR) is 146 cm³/mol. The normalized spacial score (nSPS) is 16.4. The molecule has 2 aliphatic rings. The van der Waals surface area contributed by atoms with Gasteiger partial charge in [-0.15, -0.1) is 0 Å². The molecule has 0 atom stereocenters. The maximum Gasteiger partial charge on any atom is 0.226 e. The predicted octanol–water partition coefficient (Wildman–Crippen LogP) is 4.78. The van der Waals surface area contributed by atoms with Gasteiger partial charge in [0.05, 0.1) is 43.8 Å². The average Bonchev–Trinajstić information content (AvgIpc) is 3.45. The third-order valence-corrected chi connectivity index (χ3v) is 7.76. The summed E-state index contributed by atoms with van der Waals surface area (Å²) >= 11 is 0. The second-order valence-electron chi connectivity index (χ2n) is 10.8. The molecule has 200 valence electrons. The molecule has 1 aromatic carbocycles. The van der Waals surface area contributed by atoms with Gasteiger partial charge < -0.3 is 14.4 Å². The lowest BCUT2D eigenvalue weighted by molar-refractivity contribution is -0.914. The number of imidazole rings is 1. The molecule has 2 aliphatic heterocycles. The summed E-state index contributed by atoms with van der Waals surface area (Å²) in [5.41, 5.74) is 3.74. The third kappa shape index (κ3) is 5.34. The fraction of sp³-hybridized carbons (Fsp3) is 0.448. The van der Waals surface area contributed by atoms with Gasteiger partial charge in [0, 0.05) is 44.1 Å². The highest BCUT2D eigenvalue weighted by atomic mass is 19.1. The van der Waals surface area contributed by atoms with E-state index in [1.165, 1.54) is 32.3 Å². The van der Waals surface area contributed by atoms with Gasteiger partial charge in [0.1, 0.15) is 11.5 Å². The molecule has 0 spiro atoms. The number of anilines is 2. The Bertz CT molecular complexity index is 1360. The Hall–Kier alpha value is -3.59. The molecule has 38 heavy (non-hydrogen) atoms. The summed E-state index contributed by atoms with van der Waals surface area (Å²) in [4.78, 5) is 36.1. The molecule has 0 radical (unpaired) electrons. The second-order valence-corrected chi connectivity index (χ2v) is 10.8. The maximum absolute atomic E-state index is 14.9. The number of aromatic nitrogens is 3. The van der Waals surface area contributed by atoms with Crippen LogP contribution in [-0.4, -0.2) is 64.1 Å². The Morgan fingerprint density at radius 2 is 1.87 bits per heavy atom. The van der Waals surface area contributed by atoms with Crippen LogP contribution in [0.5, 0.6) is 0 Å². The van der Waals surface area contributed by atoms with Gasteiger partial charge in [-0.3, -0.25) is 19.5 Å². The molecule has 3 aromatic rings. The van der Waals surface area contributed by atoms with Gasteiger partial charge in [0.2, 0.25) is 17.8 Å². The quantitative estimate of drug-likeness (QED) is 0.456. The van der Waals surface area contributed by atoms with Gasteiger partial charge in [-0.1, -0.05) is 6.07 Å². The Kier molecular flexibility index (Phi) is 7.29. The van der Waals surface area contributed by atoms with E-state index in [0.29, 0.717) is 42.4 Å². The van der Waals surface area contributed by atoms with Crippen molar-refractivity contribution < 1.29 is 18.5 Å². The maximum atomic E-state index is 14.9. The number of likely N-dealkylation sites (tertiary alicyclic amines) is 1. The number of nitrogens with zero attached hydrogens (tertiary/aromatic N) is 5.